The fraction of sp³-hybridized carbons (Fsp3) is 0.600. The highest BCUT2D eigenvalue weighted by atomic mass is 35.5. The Kier molecular flexibility index (Phi) is 11.0. The number of ether oxygens (including phenoxy) is 1. The number of nitrogens with zero attached hydrogens (tertiary/aromatic N) is 3. The van der Waals surface area contributed by atoms with Crippen LogP contribution in [0.5, 0.6) is 0 Å². The molecule has 0 spiro atoms. The lowest BCUT2D eigenvalue weighted by Crippen LogP contribution is -2.28. The van der Waals surface area contributed by atoms with Crippen LogP contribution in [0, 0.1) is 12.8 Å². The normalized spacial score (nSPS) is 11.4. The number of halogens is 1. The maximum atomic E-state index is 12.0. The summed E-state index contributed by atoms with van der Waals surface area (Å²) in [5, 5.41) is 1.75. The van der Waals surface area contributed by atoms with Crippen molar-refractivity contribution >= 4 is 34.0 Å². The van der Waals surface area contributed by atoms with Gasteiger partial charge in [0.15, 0.2) is 5.13 Å². The third-order valence-corrected chi connectivity index (χ3v) is 6.72. The average Bonchev–Trinajstić information content (AvgIpc) is 3.12. The molecule has 0 atom stereocenters. The van der Waals surface area contributed by atoms with E-state index in [2.05, 4.69) is 49.9 Å². The lowest BCUT2D eigenvalue weighted by atomic mass is 10.0. The van der Waals surface area contributed by atoms with Gasteiger partial charge in [0.2, 0.25) is 0 Å². The van der Waals surface area contributed by atoms with Crippen molar-refractivity contribution in [3.8, 4) is 11.3 Å². The van der Waals surface area contributed by atoms with Gasteiger partial charge in [-0.3, -0.25) is 4.79 Å². The molecule has 1 aromatic heterocycles. The maximum absolute atomic E-state index is 12.0. The third kappa shape index (κ3) is 8.38. The van der Waals surface area contributed by atoms with Gasteiger partial charge in [0.25, 0.3) is 0 Å². The number of unbranched alkanes of at least 4 members (excludes halogenated alkanes) is 1. The van der Waals surface area contributed by atoms with E-state index in [1.54, 1.807) is 11.3 Å². The minimum absolute atomic E-state index is 0.154. The zero-order valence-corrected chi connectivity index (χ0v) is 22.0. The first-order valence-electron chi connectivity index (χ1n) is 11.5. The molecule has 2 aromatic rings. The van der Waals surface area contributed by atoms with Crippen LogP contribution in [-0.2, 0) is 16.0 Å². The fourth-order valence-corrected chi connectivity index (χ4v) is 4.96. The van der Waals surface area contributed by atoms with Crippen molar-refractivity contribution in [1.82, 2.24) is 9.88 Å². The first kappa shape index (κ1) is 26.6. The van der Waals surface area contributed by atoms with Crippen LogP contribution in [-0.4, -0.2) is 56.2 Å². The summed E-state index contributed by atoms with van der Waals surface area (Å²) < 4.78 is 5.16. The van der Waals surface area contributed by atoms with Crippen molar-refractivity contribution in [3.63, 3.8) is 0 Å². The summed E-state index contributed by atoms with van der Waals surface area (Å²) in [5.74, 6) is 0.377. The minimum atomic E-state index is -0.154. The number of carbonyl (C=O) groups excluding carboxylic acids is 1. The van der Waals surface area contributed by atoms with Crippen LogP contribution in [0.4, 0.5) is 5.13 Å². The molecule has 0 radical (unpaired) electrons. The first-order chi connectivity index (χ1) is 15.2. The second-order valence-corrected chi connectivity index (χ2v) is 10.4. The van der Waals surface area contributed by atoms with Crippen molar-refractivity contribution in [2.75, 3.05) is 45.2 Å². The number of esters is 1. The summed E-state index contributed by atoms with van der Waals surface area (Å²) in [7, 11) is 4.19. The lowest BCUT2D eigenvalue weighted by Gasteiger charge is -2.22. The molecular formula is C25H38ClN3O2S. The number of hydrogen-bond donors (Lipinski definition) is 0. The fourth-order valence-electron chi connectivity index (χ4n) is 3.49. The summed E-state index contributed by atoms with van der Waals surface area (Å²) in [5.41, 5.74) is 3.19. The zero-order valence-electron chi connectivity index (χ0n) is 20.4. The first-order valence-corrected chi connectivity index (χ1v) is 12.7. The zero-order chi connectivity index (χ0) is 23.7. The molecule has 32 heavy (non-hydrogen) atoms. The Hall–Kier alpha value is -1.63. The van der Waals surface area contributed by atoms with Gasteiger partial charge in [0.05, 0.1) is 18.7 Å². The smallest absolute Gasteiger partial charge is 0.307 e. The van der Waals surface area contributed by atoms with Gasteiger partial charge in [-0.25, -0.2) is 4.98 Å². The van der Waals surface area contributed by atoms with Crippen LogP contribution in [0.15, 0.2) is 18.2 Å². The largest absolute Gasteiger partial charge is 0.466 e. The second-order valence-electron chi connectivity index (χ2n) is 8.88. The Bertz CT molecular complexity index is 867. The van der Waals surface area contributed by atoms with Crippen molar-refractivity contribution in [2.45, 2.75) is 53.4 Å². The number of rotatable bonds is 13. The van der Waals surface area contributed by atoms with Crippen LogP contribution in [0.3, 0.4) is 0 Å². The number of thiazole rings is 1. The summed E-state index contributed by atoms with van der Waals surface area (Å²) in [4.78, 5) is 22.8. The SMILES string of the molecule is CCOC(=O)CCN(CCCCN(C)C)c1nc(-c2ccc(Cl)c(C)c2)c(CC(C)C)s1. The average molecular weight is 480 g/mol. The van der Waals surface area contributed by atoms with Gasteiger partial charge in [0, 0.05) is 28.6 Å². The molecule has 0 saturated carbocycles. The van der Waals surface area contributed by atoms with Crippen LogP contribution in [0.25, 0.3) is 11.3 Å². The molecule has 0 saturated heterocycles. The highest BCUT2D eigenvalue weighted by molar-refractivity contribution is 7.16. The Balaban J connectivity index is 2.31. The summed E-state index contributed by atoms with van der Waals surface area (Å²) >= 11 is 8.01. The maximum Gasteiger partial charge on any atom is 0.307 e. The van der Waals surface area contributed by atoms with Gasteiger partial charge in [-0.05, 0) is 77.4 Å². The van der Waals surface area contributed by atoms with Crippen molar-refractivity contribution in [1.29, 1.82) is 0 Å². The number of aromatic nitrogens is 1. The Labute approximate surface area is 202 Å². The molecule has 0 N–H and O–H groups in total. The van der Waals surface area contributed by atoms with E-state index in [4.69, 9.17) is 21.3 Å². The van der Waals surface area contributed by atoms with Crippen LogP contribution in [0.2, 0.25) is 5.02 Å². The summed E-state index contributed by atoms with van der Waals surface area (Å²) in [6.07, 6.45) is 3.50. The summed E-state index contributed by atoms with van der Waals surface area (Å²) in [6.45, 7) is 11.3. The Morgan fingerprint density at radius 2 is 1.91 bits per heavy atom. The second kappa shape index (κ2) is 13.2. The molecular weight excluding hydrogens is 442 g/mol. The highest BCUT2D eigenvalue weighted by Gasteiger charge is 2.20. The molecule has 7 heteroatoms. The van der Waals surface area contributed by atoms with Gasteiger partial charge in [-0.2, -0.15) is 0 Å². The lowest BCUT2D eigenvalue weighted by molar-refractivity contribution is -0.142. The molecule has 1 heterocycles. The predicted molar refractivity (Wildman–Crippen MR) is 137 cm³/mol. The molecule has 0 unspecified atom stereocenters. The molecule has 1 aromatic carbocycles. The van der Waals surface area contributed by atoms with Crippen molar-refractivity contribution in [2.24, 2.45) is 5.92 Å². The molecule has 0 aliphatic carbocycles. The quantitative estimate of drug-likeness (QED) is 0.257. The predicted octanol–water partition coefficient (Wildman–Crippen LogP) is 6.07. The molecule has 0 bridgehead atoms. The van der Waals surface area contributed by atoms with Crippen molar-refractivity contribution in [3.05, 3.63) is 33.7 Å². The topological polar surface area (TPSA) is 45.7 Å². The van der Waals surface area contributed by atoms with Crippen LogP contribution < -0.4 is 4.90 Å². The minimum Gasteiger partial charge on any atom is -0.466 e. The van der Waals surface area contributed by atoms with Gasteiger partial charge in [0.1, 0.15) is 0 Å². The summed E-state index contributed by atoms with van der Waals surface area (Å²) in [6, 6.07) is 6.12. The molecule has 5 nitrogen and oxygen atoms in total. The number of hydrogen-bond acceptors (Lipinski definition) is 6. The van der Waals surface area contributed by atoms with Gasteiger partial charge < -0.3 is 14.5 Å². The number of anilines is 1. The van der Waals surface area contributed by atoms with E-state index in [0.717, 1.165) is 59.3 Å². The van der Waals surface area contributed by atoms with E-state index in [1.165, 1.54) is 4.88 Å². The van der Waals surface area contributed by atoms with Crippen LogP contribution >= 0.6 is 22.9 Å². The van der Waals surface area contributed by atoms with E-state index in [9.17, 15) is 4.79 Å². The van der Waals surface area contributed by atoms with E-state index >= 15 is 0 Å². The van der Waals surface area contributed by atoms with Gasteiger partial charge >= 0.3 is 5.97 Å². The highest BCUT2D eigenvalue weighted by Crippen LogP contribution is 2.36. The molecule has 0 amide bonds. The Morgan fingerprint density at radius 3 is 2.53 bits per heavy atom. The molecule has 2 rings (SSSR count). The van der Waals surface area contributed by atoms with E-state index in [1.807, 2.05) is 19.9 Å². The monoisotopic (exact) mass is 479 g/mol. The molecule has 178 valence electrons. The van der Waals surface area contributed by atoms with E-state index in [0.29, 0.717) is 25.5 Å². The molecule has 0 aliphatic heterocycles. The van der Waals surface area contributed by atoms with Crippen molar-refractivity contribution < 1.29 is 9.53 Å². The van der Waals surface area contributed by atoms with E-state index in [-0.39, 0.29) is 5.97 Å². The van der Waals surface area contributed by atoms with Gasteiger partial charge in [-0.15, -0.1) is 11.3 Å². The number of aryl methyl sites for hydroxylation is 1. The molecule has 0 fully saturated rings. The standard InChI is InChI=1S/C25H38ClN3O2S/c1-7-31-23(30)12-15-29(14-9-8-13-28(5)6)25-27-24(22(32-25)16-18(2)3)20-10-11-21(26)19(4)17-20/h10-11,17-18H,7-9,12-16H2,1-6H3. The third-order valence-electron chi connectivity index (χ3n) is 5.16. The number of carbonyl (C=O) groups is 1. The Morgan fingerprint density at radius 1 is 1.19 bits per heavy atom. The number of benzene rings is 1. The molecule has 0 aliphatic rings. The van der Waals surface area contributed by atoms with Crippen LogP contribution in [0.1, 0.15) is 50.5 Å². The van der Waals surface area contributed by atoms with E-state index < -0.39 is 0 Å². The van der Waals surface area contributed by atoms with Gasteiger partial charge in [-0.1, -0.05) is 31.5 Å².